The van der Waals surface area contributed by atoms with Crippen LogP contribution in [0.4, 0.5) is 0 Å². The maximum absolute atomic E-state index is 4.30. The summed E-state index contributed by atoms with van der Waals surface area (Å²) in [5, 5.41) is 7.66. The van der Waals surface area contributed by atoms with Crippen LogP contribution in [0.5, 0.6) is 0 Å². The largest absolute Gasteiger partial charge is 0.310 e. The molecular weight excluding hydrogens is 186 g/mol. The van der Waals surface area contributed by atoms with Crippen molar-refractivity contribution in [1.82, 2.24) is 15.1 Å². The van der Waals surface area contributed by atoms with Gasteiger partial charge in [0.1, 0.15) is 0 Å². The first-order valence-corrected chi connectivity index (χ1v) is 5.53. The molecule has 1 aromatic rings. The average Bonchev–Trinajstić information content (AvgIpc) is 2.62. The molecule has 0 saturated carbocycles. The molecule has 0 saturated heterocycles. The number of rotatable bonds is 6. The van der Waals surface area contributed by atoms with Crippen molar-refractivity contribution in [3.8, 4) is 0 Å². The molecule has 0 bridgehead atoms. The summed E-state index contributed by atoms with van der Waals surface area (Å²) in [7, 11) is 0. The standard InChI is InChI=1S/C12H21N3/c1-5-11(4)8-15-9-12(7-14-15)6-13-10(2)3/h7,9-10,13H,4-6,8H2,1-3H3. The SMILES string of the molecule is C=C(CC)Cn1cc(CNC(C)C)cn1. The van der Waals surface area contributed by atoms with E-state index < -0.39 is 0 Å². The molecular formula is C12H21N3. The molecule has 3 heteroatoms. The van der Waals surface area contributed by atoms with Gasteiger partial charge in [0.15, 0.2) is 0 Å². The second-order valence-corrected chi connectivity index (χ2v) is 4.19. The van der Waals surface area contributed by atoms with Crippen molar-refractivity contribution in [2.45, 2.75) is 46.3 Å². The van der Waals surface area contributed by atoms with Gasteiger partial charge in [-0.05, 0) is 6.42 Å². The molecule has 84 valence electrons. The third-order valence-corrected chi connectivity index (χ3v) is 2.29. The summed E-state index contributed by atoms with van der Waals surface area (Å²) in [5.41, 5.74) is 2.44. The van der Waals surface area contributed by atoms with Crippen molar-refractivity contribution in [3.63, 3.8) is 0 Å². The highest BCUT2D eigenvalue weighted by molar-refractivity contribution is 5.05. The minimum atomic E-state index is 0.513. The average molecular weight is 207 g/mol. The van der Waals surface area contributed by atoms with Crippen molar-refractivity contribution in [2.75, 3.05) is 0 Å². The topological polar surface area (TPSA) is 29.9 Å². The first kappa shape index (κ1) is 12.0. The van der Waals surface area contributed by atoms with E-state index in [-0.39, 0.29) is 0 Å². The molecule has 0 fully saturated rings. The van der Waals surface area contributed by atoms with E-state index in [0.717, 1.165) is 19.5 Å². The van der Waals surface area contributed by atoms with Gasteiger partial charge in [-0.2, -0.15) is 5.10 Å². The summed E-state index contributed by atoms with van der Waals surface area (Å²) >= 11 is 0. The van der Waals surface area contributed by atoms with Crippen LogP contribution in [0.2, 0.25) is 0 Å². The third-order valence-electron chi connectivity index (χ3n) is 2.29. The lowest BCUT2D eigenvalue weighted by atomic mass is 10.2. The Kier molecular flexibility index (Phi) is 4.56. The van der Waals surface area contributed by atoms with Crippen LogP contribution in [-0.4, -0.2) is 15.8 Å². The van der Waals surface area contributed by atoms with Crippen LogP contribution < -0.4 is 5.32 Å². The summed E-state index contributed by atoms with van der Waals surface area (Å²) < 4.78 is 1.95. The highest BCUT2D eigenvalue weighted by Crippen LogP contribution is 2.03. The van der Waals surface area contributed by atoms with E-state index in [1.54, 1.807) is 0 Å². The number of aromatic nitrogens is 2. The number of hydrogen-bond donors (Lipinski definition) is 1. The summed E-state index contributed by atoms with van der Waals surface area (Å²) in [6, 6.07) is 0.513. The van der Waals surface area contributed by atoms with Gasteiger partial charge in [-0.15, -0.1) is 0 Å². The predicted molar refractivity (Wildman–Crippen MR) is 63.6 cm³/mol. The Morgan fingerprint density at radius 3 is 2.93 bits per heavy atom. The lowest BCUT2D eigenvalue weighted by Crippen LogP contribution is -2.21. The van der Waals surface area contributed by atoms with Crippen molar-refractivity contribution in [3.05, 3.63) is 30.1 Å². The van der Waals surface area contributed by atoms with Gasteiger partial charge in [0, 0.05) is 24.3 Å². The molecule has 1 aromatic heterocycles. The molecule has 15 heavy (non-hydrogen) atoms. The van der Waals surface area contributed by atoms with Crippen molar-refractivity contribution >= 4 is 0 Å². The van der Waals surface area contributed by atoms with Crippen LogP contribution in [-0.2, 0) is 13.1 Å². The first-order valence-electron chi connectivity index (χ1n) is 5.53. The van der Waals surface area contributed by atoms with Gasteiger partial charge in [0.25, 0.3) is 0 Å². The monoisotopic (exact) mass is 207 g/mol. The highest BCUT2D eigenvalue weighted by atomic mass is 15.3. The van der Waals surface area contributed by atoms with Gasteiger partial charge in [-0.25, -0.2) is 0 Å². The van der Waals surface area contributed by atoms with E-state index in [9.17, 15) is 0 Å². The van der Waals surface area contributed by atoms with Gasteiger partial charge in [0.2, 0.25) is 0 Å². The second kappa shape index (κ2) is 5.71. The molecule has 1 N–H and O–H groups in total. The van der Waals surface area contributed by atoms with Crippen LogP contribution >= 0.6 is 0 Å². The Hall–Kier alpha value is -1.09. The van der Waals surface area contributed by atoms with E-state index in [2.05, 4.69) is 44.0 Å². The molecule has 0 radical (unpaired) electrons. The van der Waals surface area contributed by atoms with Crippen molar-refractivity contribution in [2.24, 2.45) is 0 Å². The van der Waals surface area contributed by atoms with E-state index in [0.29, 0.717) is 6.04 Å². The normalized spacial score (nSPS) is 10.9. The zero-order chi connectivity index (χ0) is 11.3. The summed E-state index contributed by atoms with van der Waals surface area (Å²) in [4.78, 5) is 0. The Bertz CT molecular complexity index is 312. The fourth-order valence-electron chi connectivity index (χ4n) is 1.25. The van der Waals surface area contributed by atoms with Crippen LogP contribution in [0.1, 0.15) is 32.8 Å². The molecule has 1 heterocycles. The third kappa shape index (κ3) is 4.30. The van der Waals surface area contributed by atoms with E-state index in [1.807, 2.05) is 10.9 Å². The molecule has 3 nitrogen and oxygen atoms in total. The number of nitrogens with zero attached hydrogens (tertiary/aromatic N) is 2. The maximum atomic E-state index is 4.30. The Morgan fingerprint density at radius 2 is 2.33 bits per heavy atom. The van der Waals surface area contributed by atoms with Gasteiger partial charge in [-0.1, -0.05) is 32.9 Å². The minimum Gasteiger partial charge on any atom is -0.310 e. The number of allylic oxidation sites excluding steroid dienone is 1. The van der Waals surface area contributed by atoms with Crippen LogP contribution in [0, 0.1) is 0 Å². The zero-order valence-corrected chi connectivity index (χ0v) is 9.95. The Balaban J connectivity index is 2.45. The van der Waals surface area contributed by atoms with Crippen molar-refractivity contribution < 1.29 is 0 Å². The summed E-state index contributed by atoms with van der Waals surface area (Å²) in [5.74, 6) is 0. The fourth-order valence-corrected chi connectivity index (χ4v) is 1.25. The predicted octanol–water partition coefficient (Wildman–Crippen LogP) is 2.35. The molecule has 0 atom stereocenters. The fraction of sp³-hybridized carbons (Fsp3) is 0.583. The number of nitrogens with one attached hydrogen (secondary N) is 1. The Labute approximate surface area is 92.2 Å². The highest BCUT2D eigenvalue weighted by Gasteiger charge is 2.00. The number of hydrogen-bond acceptors (Lipinski definition) is 2. The van der Waals surface area contributed by atoms with E-state index in [1.165, 1.54) is 11.1 Å². The van der Waals surface area contributed by atoms with Crippen LogP contribution in [0.25, 0.3) is 0 Å². The van der Waals surface area contributed by atoms with E-state index >= 15 is 0 Å². The van der Waals surface area contributed by atoms with Gasteiger partial charge in [0.05, 0.1) is 12.7 Å². The molecule has 0 spiro atoms. The molecule has 0 aliphatic rings. The quantitative estimate of drug-likeness (QED) is 0.726. The van der Waals surface area contributed by atoms with E-state index in [4.69, 9.17) is 0 Å². The lowest BCUT2D eigenvalue weighted by Gasteiger charge is -2.05. The lowest BCUT2D eigenvalue weighted by molar-refractivity contribution is 0.588. The van der Waals surface area contributed by atoms with Gasteiger partial charge in [-0.3, -0.25) is 4.68 Å². The molecule has 0 amide bonds. The second-order valence-electron chi connectivity index (χ2n) is 4.19. The van der Waals surface area contributed by atoms with Crippen molar-refractivity contribution in [1.29, 1.82) is 0 Å². The summed E-state index contributed by atoms with van der Waals surface area (Å²) in [6.07, 6.45) is 5.01. The molecule has 0 aliphatic carbocycles. The van der Waals surface area contributed by atoms with Gasteiger partial charge >= 0.3 is 0 Å². The molecule has 0 unspecified atom stereocenters. The smallest absolute Gasteiger partial charge is 0.0616 e. The first-order chi connectivity index (χ1) is 7.11. The molecule has 0 aromatic carbocycles. The molecule has 1 rings (SSSR count). The molecule has 0 aliphatic heterocycles. The minimum absolute atomic E-state index is 0.513. The summed E-state index contributed by atoms with van der Waals surface area (Å²) in [6.45, 7) is 12.1. The zero-order valence-electron chi connectivity index (χ0n) is 9.95. The van der Waals surface area contributed by atoms with Crippen LogP contribution in [0.3, 0.4) is 0 Å². The maximum Gasteiger partial charge on any atom is 0.0616 e. The Morgan fingerprint density at radius 1 is 1.60 bits per heavy atom. The van der Waals surface area contributed by atoms with Crippen LogP contribution in [0.15, 0.2) is 24.5 Å². The van der Waals surface area contributed by atoms with Gasteiger partial charge < -0.3 is 5.32 Å².